The predicted octanol–water partition coefficient (Wildman–Crippen LogP) is 4.23. The van der Waals surface area contributed by atoms with E-state index < -0.39 is 5.97 Å². The normalized spacial score (nSPS) is 11.9. The van der Waals surface area contributed by atoms with Crippen molar-refractivity contribution in [3.63, 3.8) is 0 Å². The van der Waals surface area contributed by atoms with Crippen LogP contribution < -0.4 is 4.74 Å². The molecule has 21 heavy (non-hydrogen) atoms. The largest absolute Gasteiger partial charge is 0.489 e. The SMILES string of the molecule is CCC(CC(=O)O)c1cccc(OCc2ccccc2)c1. The lowest BCUT2D eigenvalue weighted by molar-refractivity contribution is -0.137. The number of hydrogen-bond acceptors (Lipinski definition) is 2. The van der Waals surface area contributed by atoms with Gasteiger partial charge in [-0.05, 0) is 35.6 Å². The summed E-state index contributed by atoms with van der Waals surface area (Å²) in [6.45, 7) is 2.52. The molecule has 0 spiro atoms. The van der Waals surface area contributed by atoms with Crippen LogP contribution in [0.25, 0.3) is 0 Å². The van der Waals surface area contributed by atoms with Crippen molar-refractivity contribution in [2.24, 2.45) is 0 Å². The number of ether oxygens (including phenoxy) is 1. The summed E-state index contributed by atoms with van der Waals surface area (Å²) in [5.41, 5.74) is 2.13. The lowest BCUT2D eigenvalue weighted by atomic mass is 9.93. The van der Waals surface area contributed by atoms with Crippen molar-refractivity contribution in [1.82, 2.24) is 0 Å². The van der Waals surface area contributed by atoms with E-state index >= 15 is 0 Å². The van der Waals surface area contributed by atoms with Crippen LogP contribution in [-0.2, 0) is 11.4 Å². The lowest BCUT2D eigenvalue weighted by Crippen LogP contribution is -2.05. The lowest BCUT2D eigenvalue weighted by Gasteiger charge is -2.14. The molecule has 1 unspecified atom stereocenters. The Bertz CT molecular complexity index is 578. The number of carboxylic acid groups (broad SMARTS) is 1. The Kier molecular flexibility index (Phi) is 5.38. The molecule has 0 fully saturated rings. The van der Waals surface area contributed by atoms with Gasteiger partial charge < -0.3 is 9.84 Å². The van der Waals surface area contributed by atoms with Crippen molar-refractivity contribution in [1.29, 1.82) is 0 Å². The van der Waals surface area contributed by atoms with Crippen LogP contribution >= 0.6 is 0 Å². The molecule has 0 amide bonds. The van der Waals surface area contributed by atoms with Gasteiger partial charge in [-0.25, -0.2) is 0 Å². The Morgan fingerprint density at radius 1 is 1.14 bits per heavy atom. The Morgan fingerprint density at radius 2 is 1.90 bits per heavy atom. The fourth-order valence-electron chi connectivity index (χ4n) is 2.31. The van der Waals surface area contributed by atoms with Crippen molar-refractivity contribution in [2.75, 3.05) is 0 Å². The van der Waals surface area contributed by atoms with Gasteiger partial charge in [0.15, 0.2) is 0 Å². The Morgan fingerprint density at radius 3 is 2.57 bits per heavy atom. The van der Waals surface area contributed by atoms with Gasteiger partial charge in [0.1, 0.15) is 12.4 Å². The van der Waals surface area contributed by atoms with Crippen LogP contribution in [0.4, 0.5) is 0 Å². The summed E-state index contributed by atoms with van der Waals surface area (Å²) in [4.78, 5) is 10.9. The van der Waals surface area contributed by atoms with Gasteiger partial charge in [-0.1, -0.05) is 49.4 Å². The van der Waals surface area contributed by atoms with Gasteiger partial charge in [-0.15, -0.1) is 0 Å². The number of carbonyl (C=O) groups is 1. The average Bonchev–Trinajstić information content (AvgIpc) is 2.52. The zero-order valence-corrected chi connectivity index (χ0v) is 12.2. The summed E-state index contributed by atoms with van der Waals surface area (Å²) in [6.07, 6.45) is 0.951. The summed E-state index contributed by atoms with van der Waals surface area (Å²) in [6, 6.07) is 17.7. The van der Waals surface area contributed by atoms with Gasteiger partial charge in [0.05, 0.1) is 6.42 Å². The maximum atomic E-state index is 10.9. The molecule has 0 aliphatic rings. The highest BCUT2D eigenvalue weighted by atomic mass is 16.5. The first-order valence-electron chi connectivity index (χ1n) is 7.17. The zero-order valence-electron chi connectivity index (χ0n) is 12.2. The summed E-state index contributed by atoms with van der Waals surface area (Å²) in [7, 11) is 0. The molecule has 1 atom stereocenters. The molecule has 1 N–H and O–H groups in total. The van der Waals surface area contributed by atoms with E-state index in [9.17, 15) is 4.79 Å². The Labute approximate surface area is 125 Å². The van der Waals surface area contributed by atoms with E-state index in [4.69, 9.17) is 9.84 Å². The highest BCUT2D eigenvalue weighted by molar-refractivity contribution is 5.68. The highest BCUT2D eigenvalue weighted by Crippen LogP contribution is 2.26. The first-order valence-corrected chi connectivity index (χ1v) is 7.17. The first-order chi connectivity index (χ1) is 10.2. The van der Waals surface area contributed by atoms with Crippen LogP contribution in [0.3, 0.4) is 0 Å². The van der Waals surface area contributed by atoms with E-state index in [0.717, 1.165) is 23.3 Å². The quantitative estimate of drug-likeness (QED) is 0.827. The fourth-order valence-corrected chi connectivity index (χ4v) is 2.31. The van der Waals surface area contributed by atoms with Crippen LogP contribution in [0.2, 0.25) is 0 Å². The molecular formula is C18H20O3. The van der Waals surface area contributed by atoms with Gasteiger partial charge >= 0.3 is 5.97 Å². The molecule has 2 rings (SSSR count). The molecule has 110 valence electrons. The second-order valence-corrected chi connectivity index (χ2v) is 5.05. The molecule has 3 heteroatoms. The third-order valence-corrected chi connectivity index (χ3v) is 3.49. The average molecular weight is 284 g/mol. The molecule has 0 aliphatic carbocycles. The molecule has 0 bridgehead atoms. The second-order valence-electron chi connectivity index (χ2n) is 5.05. The van der Waals surface area contributed by atoms with E-state index in [1.165, 1.54) is 0 Å². The monoisotopic (exact) mass is 284 g/mol. The molecule has 0 aromatic heterocycles. The first kappa shape index (κ1) is 15.1. The van der Waals surface area contributed by atoms with Gasteiger partial charge in [0.2, 0.25) is 0 Å². The number of rotatable bonds is 7. The zero-order chi connectivity index (χ0) is 15.1. The van der Waals surface area contributed by atoms with Crippen LogP contribution in [-0.4, -0.2) is 11.1 Å². The molecular weight excluding hydrogens is 264 g/mol. The minimum Gasteiger partial charge on any atom is -0.489 e. The Hall–Kier alpha value is -2.29. The van der Waals surface area contributed by atoms with Crippen LogP contribution in [0.15, 0.2) is 54.6 Å². The van der Waals surface area contributed by atoms with Crippen molar-refractivity contribution in [2.45, 2.75) is 32.3 Å². The fraction of sp³-hybridized carbons (Fsp3) is 0.278. The maximum Gasteiger partial charge on any atom is 0.303 e. The molecule has 0 saturated heterocycles. The molecule has 2 aromatic rings. The van der Waals surface area contributed by atoms with Gasteiger partial charge in [0, 0.05) is 0 Å². The second kappa shape index (κ2) is 7.48. The maximum absolute atomic E-state index is 10.9. The molecule has 2 aromatic carbocycles. The van der Waals surface area contributed by atoms with E-state index in [1.807, 2.05) is 61.5 Å². The third-order valence-electron chi connectivity index (χ3n) is 3.49. The van der Waals surface area contributed by atoms with E-state index in [2.05, 4.69) is 0 Å². The van der Waals surface area contributed by atoms with Crippen LogP contribution in [0.1, 0.15) is 36.8 Å². The van der Waals surface area contributed by atoms with Gasteiger partial charge in [-0.2, -0.15) is 0 Å². The predicted molar refractivity (Wildman–Crippen MR) is 82.5 cm³/mol. The van der Waals surface area contributed by atoms with E-state index in [0.29, 0.717) is 6.61 Å². The molecule has 0 aliphatic heterocycles. The molecule has 0 saturated carbocycles. The molecule has 0 heterocycles. The van der Waals surface area contributed by atoms with Crippen LogP contribution in [0.5, 0.6) is 5.75 Å². The van der Waals surface area contributed by atoms with Crippen molar-refractivity contribution in [3.8, 4) is 5.75 Å². The summed E-state index contributed by atoms with van der Waals surface area (Å²) in [5, 5.41) is 8.97. The highest BCUT2D eigenvalue weighted by Gasteiger charge is 2.14. The summed E-state index contributed by atoms with van der Waals surface area (Å²) < 4.78 is 5.78. The van der Waals surface area contributed by atoms with Crippen molar-refractivity contribution < 1.29 is 14.6 Å². The smallest absolute Gasteiger partial charge is 0.303 e. The van der Waals surface area contributed by atoms with E-state index in [-0.39, 0.29) is 12.3 Å². The third kappa shape index (κ3) is 4.63. The summed E-state index contributed by atoms with van der Waals surface area (Å²) in [5.74, 6) is 0.0421. The number of benzene rings is 2. The standard InChI is InChI=1S/C18H20O3/c1-2-15(12-18(19)20)16-9-6-10-17(11-16)21-13-14-7-4-3-5-8-14/h3-11,15H,2,12-13H2,1H3,(H,19,20). The minimum atomic E-state index is -0.766. The molecule has 3 nitrogen and oxygen atoms in total. The number of aliphatic carboxylic acids is 1. The topological polar surface area (TPSA) is 46.5 Å². The summed E-state index contributed by atoms with van der Waals surface area (Å²) >= 11 is 0. The van der Waals surface area contributed by atoms with Gasteiger partial charge in [-0.3, -0.25) is 4.79 Å². The van der Waals surface area contributed by atoms with Gasteiger partial charge in [0.25, 0.3) is 0 Å². The minimum absolute atomic E-state index is 0.0303. The van der Waals surface area contributed by atoms with Crippen LogP contribution in [0, 0.1) is 0 Å². The van der Waals surface area contributed by atoms with Crippen molar-refractivity contribution >= 4 is 5.97 Å². The van der Waals surface area contributed by atoms with E-state index in [1.54, 1.807) is 0 Å². The Balaban J connectivity index is 2.04. The van der Waals surface area contributed by atoms with Crippen molar-refractivity contribution in [3.05, 3.63) is 65.7 Å². The number of carboxylic acids is 1. The number of hydrogen-bond donors (Lipinski definition) is 1. The molecule has 0 radical (unpaired) electrons.